The second-order valence-corrected chi connectivity index (χ2v) is 7.87. The zero-order valence-electron chi connectivity index (χ0n) is 17.2. The van der Waals surface area contributed by atoms with Gasteiger partial charge in [-0.1, -0.05) is 37.5 Å². The lowest BCUT2D eigenvalue weighted by atomic mass is 9.95. The first-order valence-corrected chi connectivity index (χ1v) is 10.2. The van der Waals surface area contributed by atoms with E-state index in [1.54, 1.807) is 23.2 Å². The van der Waals surface area contributed by atoms with Crippen molar-refractivity contribution in [2.45, 2.75) is 51.3 Å². The summed E-state index contributed by atoms with van der Waals surface area (Å²) in [5.74, 6) is 0.864. The van der Waals surface area contributed by atoms with Crippen LogP contribution in [-0.4, -0.2) is 15.2 Å². The van der Waals surface area contributed by atoms with Gasteiger partial charge < -0.3 is 10.1 Å². The van der Waals surface area contributed by atoms with Gasteiger partial charge in [0.1, 0.15) is 12.4 Å². The van der Waals surface area contributed by atoms with Gasteiger partial charge in [-0.05, 0) is 48.2 Å². The van der Waals surface area contributed by atoms with Crippen LogP contribution in [0.5, 0.6) is 5.75 Å². The summed E-state index contributed by atoms with van der Waals surface area (Å²) in [5, 5.41) is 3.67. The molecule has 4 rings (SSSR count). The minimum absolute atomic E-state index is 0. The van der Waals surface area contributed by atoms with Crippen molar-refractivity contribution in [3.8, 4) is 5.75 Å². The Balaban J connectivity index is 0.00000240. The van der Waals surface area contributed by atoms with E-state index in [0.29, 0.717) is 12.6 Å². The molecule has 1 heterocycles. The van der Waals surface area contributed by atoms with E-state index in [1.165, 1.54) is 37.7 Å². The summed E-state index contributed by atoms with van der Waals surface area (Å²) in [4.78, 5) is 12.1. The third-order valence-electron chi connectivity index (χ3n) is 5.87. The summed E-state index contributed by atoms with van der Waals surface area (Å²) in [6, 6.07) is 15.0. The first-order chi connectivity index (χ1) is 13.6. The van der Waals surface area contributed by atoms with Crippen LogP contribution in [0, 0.1) is 0 Å². The van der Waals surface area contributed by atoms with E-state index in [0.717, 1.165) is 28.9 Å². The lowest BCUT2D eigenvalue weighted by molar-refractivity contribution is 0.306. The molecule has 156 valence electrons. The van der Waals surface area contributed by atoms with E-state index in [2.05, 4.69) is 17.4 Å². The number of fused-ring (bicyclic) bond motifs is 1. The molecule has 29 heavy (non-hydrogen) atoms. The van der Waals surface area contributed by atoms with Crippen LogP contribution in [0.25, 0.3) is 11.0 Å². The molecule has 1 fully saturated rings. The summed E-state index contributed by atoms with van der Waals surface area (Å²) in [7, 11) is 3.60. The number of hydrogen-bond donors (Lipinski definition) is 1. The fourth-order valence-electron chi connectivity index (χ4n) is 4.08. The number of nitrogens with zero attached hydrogens (tertiary/aromatic N) is 2. The SMILES string of the molecule is Cl.Cn1c(=O)n(C)c2cc(COc3ccc(CNC4CCCCC4)cc3)ccc21. The summed E-state index contributed by atoms with van der Waals surface area (Å²) in [5.41, 5.74) is 4.20. The van der Waals surface area contributed by atoms with Crippen LogP contribution >= 0.6 is 12.4 Å². The van der Waals surface area contributed by atoms with E-state index in [1.807, 2.05) is 30.3 Å². The van der Waals surface area contributed by atoms with Crippen molar-refractivity contribution < 1.29 is 4.74 Å². The molecular weight excluding hydrogens is 386 g/mol. The van der Waals surface area contributed by atoms with Gasteiger partial charge in [-0.25, -0.2) is 4.79 Å². The molecule has 2 aromatic carbocycles. The predicted octanol–water partition coefficient (Wildman–Crippen LogP) is 4.30. The monoisotopic (exact) mass is 415 g/mol. The highest BCUT2D eigenvalue weighted by Crippen LogP contribution is 2.20. The van der Waals surface area contributed by atoms with Crippen molar-refractivity contribution in [2.24, 2.45) is 14.1 Å². The van der Waals surface area contributed by atoms with Gasteiger partial charge in [0.2, 0.25) is 0 Å². The molecule has 0 bridgehead atoms. The van der Waals surface area contributed by atoms with E-state index < -0.39 is 0 Å². The summed E-state index contributed by atoms with van der Waals surface area (Å²) >= 11 is 0. The number of aromatic nitrogens is 2. The van der Waals surface area contributed by atoms with Crippen LogP contribution in [0.2, 0.25) is 0 Å². The summed E-state index contributed by atoms with van der Waals surface area (Å²) < 4.78 is 9.29. The number of ether oxygens (including phenoxy) is 1. The Morgan fingerprint density at radius 2 is 1.59 bits per heavy atom. The van der Waals surface area contributed by atoms with E-state index in [-0.39, 0.29) is 18.1 Å². The van der Waals surface area contributed by atoms with Crippen molar-refractivity contribution in [1.29, 1.82) is 0 Å². The van der Waals surface area contributed by atoms with Crippen LogP contribution < -0.4 is 15.7 Å². The van der Waals surface area contributed by atoms with Gasteiger partial charge >= 0.3 is 5.69 Å². The van der Waals surface area contributed by atoms with Gasteiger partial charge in [-0.15, -0.1) is 12.4 Å². The number of hydrogen-bond acceptors (Lipinski definition) is 3. The topological polar surface area (TPSA) is 48.2 Å². The number of halogens is 1. The normalized spacial score (nSPS) is 14.7. The Hall–Kier alpha value is -2.24. The Kier molecular flexibility index (Phi) is 7.04. The second kappa shape index (κ2) is 9.51. The molecule has 0 aliphatic heterocycles. The fourth-order valence-corrected chi connectivity index (χ4v) is 4.08. The van der Waals surface area contributed by atoms with Gasteiger partial charge in [-0.3, -0.25) is 9.13 Å². The first-order valence-electron chi connectivity index (χ1n) is 10.2. The zero-order valence-corrected chi connectivity index (χ0v) is 18.0. The molecule has 1 N–H and O–H groups in total. The average molecular weight is 416 g/mol. The molecule has 0 saturated heterocycles. The highest BCUT2D eigenvalue weighted by Gasteiger charge is 2.12. The molecule has 0 amide bonds. The molecule has 1 aliphatic rings. The second-order valence-electron chi connectivity index (χ2n) is 7.87. The number of benzene rings is 2. The zero-order chi connectivity index (χ0) is 19.5. The highest BCUT2D eigenvalue weighted by atomic mass is 35.5. The van der Waals surface area contributed by atoms with Gasteiger partial charge in [0.25, 0.3) is 0 Å². The first kappa shape index (κ1) is 21.5. The van der Waals surface area contributed by atoms with Crippen LogP contribution in [0.1, 0.15) is 43.2 Å². The Bertz CT molecular complexity index is 1000. The third-order valence-corrected chi connectivity index (χ3v) is 5.87. The summed E-state index contributed by atoms with van der Waals surface area (Å²) in [6.45, 7) is 1.41. The van der Waals surface area contributed by atoms with E-state index in [9.17, 15) is 4.79 Å². The Morgan fingerprint density at radius 3 is 2.31 bits per heavy atom. The minimum atomic E-state index is -0.00880. The van der Waals surface area contributed by atoms with Crippen LogP contribution in [0.3, 0.4) is 0 Å². The standard InChI is InChI=1S/C23H29N3O2.ClH/c1-25-21-13-10-18(14-22(21)26(2)23(25)27)16-28-20-11-8-17(9-12-20)15-24-19-6-4-3-5-7-19;/h8-14,19,24H,3-7,15-16H2,1-2H3;1H. The maximum Gasteiger partial charge on any atom is 0.328 e. The quantitative estimate of drug-likeness (QED) is 0.653. The van der Waals surface area contributed by atoms with Crippen molar-refractivity contribution in [3.63, 3.8) is 0 Å². The smallest absolute Gasteiger partial charge is 0.328 e. The number of aryl methyl sites for hydroxylation is 2. The van der Waals surface area contributed by atoms with Crippen LogP contribution in [0.4, 0.5) is 0 Å². The fraction of sp³-hybridized carbons (Fsp3) is 0.435. The van der Waals surface area contributed by atoms with Gasteiger partial charge in [0.05, 0.1) is 11.0 Å². The van der Waals surface area contributed by atoms with E-state index >= 15 is 0 Å². The largest absolute Gasteiger partial charge is 0.489 e. The molecule has 6 heteroatoms. The van der Waals surface area contributed by atoms with Crippen molar-refractivity contribution in [1.82, 2.24) is 14.5 Å². The maximum absolute atomic E-state index is 12.1. The number of nitrogens with one attached hydrogen (secondary N) is 1. The lowest BCUT2D eigenvalue weighted by Gasteiger charge is -2.22. The Morgan fingerprint density at radius 1 is 0.931 bits per heavy atom. The van der Waals surface area contributed by atoms with Gasteiger partial charge in [-0.2, -0.15) is 0 Å². The highest BCUT2D eigenvalue weighted by molar-refractivity contribution is 5.85. The molecule has 1 aliphatic carbocycles. The van der Waals surface area contributed by atoms with Crippen LogP contribution in [0.15, 0.2) is 47.3 Å². The van der Waals surface area contributed by atoms with Crippen molar-refractivity contribution in [2.75, 3.05) is 0 Å². The number of imidazole rings is 1. The van der Waals surface area contributed by atoms with Crippen molar-refractivity contribution >= 4 is 23.4 Å². The van der Waals surface area contributed by atoms with Gasteiger partial charge in [0.15, 0.2) is 0 Å². The molecule has 0 radical (unpaired) electrons. The molecule has 0 unspecified atom stereocenters. The third kappa shape index (κ3) is 4.85. The van der Waals surface area contributed by atoms with E-state index in [4.69, 9.17) is 4.74 Å². The molecule has 5 nitrogen and oxygen atoms in total. The average Bonchev–Trinajstić information content (AvgIpc) is 2.96. The van der Waals surface area contributed by atoms with Crippen LogP contribution in [-0.2, 0) is 27.2 Å². The Labute approximate surface area is 178 Å². The number of rotatable bonds is 6. The summed E-state index contributed by atoms with van der Waals surface area (Å²) in [6.07, 6.45) is 6.70. The molecule has 1 aromatic heterocycles. The molecule has 1 saturated carbocycles. The van der Waals surface area contributed by atoms with Crippen molar-refractivity contribution in [3.05, 3.63) is 64.1 Å². The van der Waals surface area contributed by atoms with Gasteiger partial charge in [0, 0.05) is 26.7 Å². The lowest BCUT2D eigenvalue weighted by Crippen LogP contribution is -2.30. The molecule has 3 aromatic rings. The maximum atomic E-state index is 12.1. The predicted molar refractivity (Wildman–Crippen MR) is 120 cm³/mol. The molecule has 0 atom stereocenters. The molecule has 0 spiro atoms. The minimum Gasteiger partial charge on any atom is -0.489 e. The molecular formula is C23H30ClN3O2.